The fraction of sp³-hybridized carbons (Fsp3) is 0.800. The molecule has 0 saturated carbocycles. The molecule has 1 heterocycles. The van der Waals surface area contributed by atoms with Crippen LogP contribution in [0.25, 0.3) is 0 Å². The maximum atomic E-state index is 9.40. The van der Waals surface area contributed by atoms with Gasteiger partial charge in [0.15, 0.2) is 5.82 Å². The molecular weight excluding hydrogens is 194 g/mol. The molecule has 0 aliphatic heterocycles. The van der Waals surface area contributed by atoms with Crippen LogP contribution in [0.2, 0.25) is 0 Å². The number of nitrogens with zero attached hydrogens (tertiary/aromatic N) is 3. The van der Waals surface area contributed by atoms with Crippen LogP contribution in [-0.4, -0.2) is 46.9 Å². The van der Waals surface area contributed by atoms with Crippen LogP contribution in [0.5, 0.6) is 0 Å². The molecule has 1 rings (SSSR count). The van der Waals surface area contributed by atoms with Crippen molar-refractivity contribution in [3.05, 3.63) is 11.7 Å². The highest BCUT2D eigenvalue weighted by Crippen LogP contribution is 2.04. The topological polar surface area (TPSA) is 62.4 Å². The third kappa shape index (κ3) is 4.40. The van der Waals surface area contributed by atoms with Gasteiger partial charge in [0.2, 0.25) is 5.89 Å². The Kier molecular flexibility index (Phi) is 4.71. The maximum absolute atomic E-state index is 9.40. The molecule has 1 N–H and O–H groups in total. The molecule has 1 atom stereocenters. The summed E-state index contributed by atoms with van der Waals surface area (Å²) >= 11 is 0. The van der Waals surface area contributed by atoms with Crippen molar-refractivity contribution < 1.29 is 9.63 Å². The summed E-state index contributed by atoms with van der Waals surface area (Å²) < 4.78 is 5.03. The first-order valence-electron chi connectivity index (χ1n) is 5.26. The third-order valence-electron chi connectivity index (χ3n) is 2.17. The fourth-order valence-corrected chi connectivity index (χ4v) is 1.14. The number of hydrogen-bond acceptors (Lipinski definition) is 5. The molecule has 0 spiro atoms. The minimum Gasteiger partial charge on any atom is -0.393 e. The zero-order valence-electron chi connectivity index (χ0n) is 9.60. The van der Waals surface area contributed by atoms with Crippen molar-refractivity contribution in [3.8, 4) is 0 Å². The number of rotatable bonds is 6. The zero-order chi connectivity index (χ0) is 11.3. The summed E-state index contributed by atoms with van der Waals surface area (Å²) in [5, 5.41) is 13.3. The van der Waals surface area contributed by atoms with Gasteiger partial charge in [0, 0.05) is 13.0 Å². The van der Waals surface area contributed by atoms with E-state index in [2.05, 4.69) is 15.0 Å². The lowest BCUT2D eigenvalue weighted by atomic mass is 10.2. The van der Waals surface area contributed by atoms with Gasteiger partial charge in [0.1, 0.15) is 0 Å². The molecule has 1 aromatic rings. The average Bonchev–Trinajstić information content (AvgIpc) is 2.62. The SMILES string of the molecule is CCC(O)Cc1nc(CCN(C)C)no1. The van der Waals surface area contributed by atoms with Crippen molar-refractivity contribution in [3.63, 3.8) is 0 Å². The van der Waals surface area contributed by atoms with Crippen LogP contribution in [-0.2, 0) is 12.8 Å². The van der Waals surface area contributed by atoms with Crippen LogP contribution >= 0.6 is 0 Å². The van der Waals surface area contributed by atoms with E-state index in [-0.39, 0.29) is 6.10 Å². The smallest absolute Gasteiger partial charge is 0.229 e. The number of likely N-dealkylation sites (N-methyl/N-ethyl adjacent to an activating group) is 1. The molecule has 0 aromatic carbocycles. The number of aromatic nitrogens is 2. The highest BCUT2D eigenvalue weighted by molar-refractivity contribution is 4.88. The van der Waals surface area contributed by atoms with E-state index in [1.54, 1.807) is 0 Å². The molecule has 0 bridgehead atoms. The van der Waals surface area contributed by atoms with Crippen molar-refractivity contribution in [1.29, 1.82) is 0 Å². The Bertz CT molecular complexity index is 286. The van der Waals surface area contributed by atoms with Gasteiger partial charge in [-0.15, -0.1) is 0 Å². The second-order valence-corrected chi connectivity index (χ2v) is 3.92. The highest BCUT2D eigenvalue weighted by atomic mass is 16.5. The molecule has 1 unspecified atom stereocenters. The zero-order valence-corrected chi connectivity index (χ0v) is 9.60. The lowest BCUT2D eigenvalue weighted by Gasteiger charge is -2.05. The van der Waals surface area contributed by atoms with E-state index in [9.17, 15) is 5.11 Å². The Hall–Kier alpha value is -0.940. The summed E-state index contributed by atoms with van der Waals surface area (Å²) in [5.74, 6) is 1.24. The van der Waals surface area contributed by atoms with Crippen LogP contribution in [0.15, 0.2) is 4.52 Å². The minimum absolute atomic E-state index is 0.382. The van der Waals surface area contributed by atoms with Crippen molar-refractivity contribution >= 4 is 0 Å². The molecule has 0 saturated heterocycles. The molecule has 0 fully saturated rings. The van der Waals surface area contributed by atoms with Gasteiger partial charge in [-0.25, -0.2) is 0 Å². The largest absolute Gasteiger partial charge is 0.393 e. The van der Waals surface area contributed by atoms with Crippen LogP contribution in [0, 0.1) is 0 Å². The van der Waals surface area contributed by atoms with Gasteiger partial charge in [-0.1, -0.05) is 12.1 Å². The van der Waals surface area contributed by atoms with E-state index in [4.69, 9.17) is 4.52 Å². The van der Waals surface area contributed by atoms with Gasteiger partial charge in [0.05, 0.1) is 12.5 Å². The van der Waals surface area contributed by atoms with Crippen LogP contribution < -0.4 is 0 Å². The Morgan fingerprint density at radius 2 is 2.20 bits per heavy atom. The van der Waals surface area contributed by atoms with Crippen LogP contribution in [0.4, 0.5) is 0 Å². The quantitative estimate of drug-likeness (QED) is 0.745. The molecule has 0 aliphatic carbocycles. The van der Waals surface area contributed by atoms with Crippen molar-refractivity contribution in [2.24, 2.45) is 0 Å². The van der Waals surface area contributed by atoms with Crippen LogP contribution in [0.1, 0.15) is 25.1 Å². The summed E-state index contributed by atoms with van der Waals surface area (Å²) in [4.78, 5) is 6.27. The molecule has 5 heteroatoms. The molecule has 1 aromatic heterocycles. The maximum Gasteiger partial charge on any atom is 0.229 e. The van der Waals surface area contributed by atoms with E-state index in [1.807, 2.05) is 21.0 Å². The number of aliphatic hydroxyl groups is 1. The first-order valence-corrected chi connectivity index (χ1v) is 5.26. The van der Waals surface area contributed by atoms with Gasteiger partial charge in [0.25, 0.3) is 0 Å². The van der Waals surface area contributed by atoms with E-state index in [0.29, 0.717) is 24.6 Å². The van der Waals surface area contributed by atoms with Gasteiger partial charge in [-0.05, 0) is 20.5 Å². The molecule has 5 nitrogen and oxygen atoms in total. The fourth-order valence-electron chi connectivity index (χ4n) is 1.14. The number of aliphatic hydroxyl groups excluding tert-OH is 1. The predicted molar refractivity (Wildman–Crippen MR) is 56.6 cm³/mol. The monoisotopic (exact) mass is 213 g/mol. The number of hydrogen-bond donors (Lipinski definition) is 1. The lowest BCUT2D eigenvalue weighted by Crippen LogP contribution is -2.15. The lowest BCUT2D eigenvalue weighted by molar-refractivity contribution is 0.158. The van der Waals surface area contributed by atoms with Crippen LogP contribution in [0.3, 0.4) is 0 Å². The van der Waals surface area contributed by atoms with Gasteiger partial charge < -0.3 is 14.5 Å². The first-order chi connectivity index (χ1) is 7.11. The summed E-state index contributed by atoms with van der Waals surface area (Å²) in [6.45, 7) is 2.82. The second kappa shape index (κ2) is 5.82. The first kappa shape index (κ1) is 12.1. The molecular formula is C10H19N3O2. The summed E-state index contributed by atoms with van der Waals surface area (Å²) in [6.07, 6.45) is 1.55. The molecule has 86 valence electrons. The average molecular weight is 213 g/mol. The second-order valence-electron chi connectivity index (χ2n) is 3.92. The summed E-state index contributed by atoms with van der Waals surface area (Å²) in [7, 11) is 4.00. The van der Waals surface area contributed by atoms with Gasteiger partial charge in [-0.2, -0.15) is 4.98 Å². The Labute approximate surface area is 90.1 Å². The Balaban J connectivity index is 2.42. The standard InChI is InChI=1S/C10H19N3O2/c1-4-8(14)7-10-11-9(12-15-10)5-6-13(2)3/h8,14H,4-7H2,1-3H3. The molecule has 0 aliphatic rings. The Morgan fingerprint density at radius 3 is 2.80 bits per heavy atom. The minimum atomic E-state index is -0.382. The van der Waals surface area contributed by atoms with E-state index < -0.39 is 0 Å². The predicted octanol–water partition coefficient (Wildman–Crippen LogP) is 0.487. The van der Waals surface area contributed by atoms with E-state index in [0.717, 1.165) is 13.0 Å². The summed E-state index contributed by atoms with van der Waals surface area (Å²) in [5.41, 5.74) is 0. The highest BCUT2D eigenvalue weighted by Gasteiger charge is 2.10. The van der Waals surface area contributed by atoms with Crippen molar-refractivity contribution in [1.82, 2.24) is 15.0 Å². The molecule has 0 amide bonds. The molecule has 15 heavy (non-hydrogen) atoms. The van der Waals surface area contributed by atoms with Crippen molar-refractivity contribution in [2.75, 3.05) is 20.6 Å². The molecule has 0 radical (unpaired) electrons. The van der Waals surface area contributed by atoms with E-state index in [1.165, 1.54) is 0 Å². The van der Waals surface area contributed by atoms with E-state index >= 15 is 0 Å². The normalized spacial score (nSPS) is 13.4. The third-order valence-corrected chi connectivity index (χ3v) is 2.17. The van der Waals surface area contributed by atoms with Crippen molar-refractivity contribution in [2.45, 2.75) is 32.3 Å². The van der Waals surface area contributed by atoms with Gasteiger partial charge >= 0.3 is 0 Å². The summed E-state index contributed by atoms with van der Waals surface area (Å²) in [6, 6.07) is 0. The van der Waals surface area contributed by atoms with Gasteiger partial charge in [-0.3, -0.25) is 0 Å². The Morgan fingerprint density at radius 1 is 1.47 bits per heavy atom.